The molecule has 0 fully saturated rings. The van der Waals surface area contributed by atoms with Crippen molar-refractivity contribution in [1.82, 2.24) is 10.1 Å². The van der Waals surface area contributed by atoms with Crippen LogP contribution in [0.1, 0.15) is 18.3 Å². The lowest BCUT2D eigenvalue weighted by atomic mass is 10.1. The number of hydrogen-bond acceptors (Lipinski definition) is 5. The minimum absolute atomic E-state index is 0.409. The molecule has 96 valence electrons. The first-order valence-electron chi connectivity index (χ1n) is 5.90. The minimum atomic E-state index is 0.409. The Morgan fingerprint density at radius 2 is 2.06 bits per heavy atom. The summed E-state index contributed by atoms with van der Waals surface area (Å²) < 4.78 is 5.25. The van der Waals surface area contributed by atoms with E-state index in [1.807, 2.05) is 31.2 Å². The van der Waals surface area contributed by atoms with Gasteiger partial charge in [-0.15, -0.1) is 11.8 Å². The van der Waals surface area contributed by atoms with Crippen LogP contribution in [0.3, 0.4) is 0 Å². The first kappa shape index (κ1) is 13.1. The third kappa shape index (κ3) is 3.34. The first-order chi connectivity index (χ1) is 8.69. The van der Waals surface area contributed by atoms with E-state index < -0.39 is 0 Å². The van der Waals surface area contributed by atoms with E-state index in [2.05, 4.69) is 17.1 Å². The van der Waals surface area contributed by atoms with Crippen LogP contribution in [0.4, 0.5) is 0 Å². The quantitative estimate of drug-likeness (QED) is 0.898. The van der Waals surface area contributed by atoms with E-state index >= 15 is 0 Å². The number of aryl methyl sites for hydroxylation is 1. The maximum absolute atomic E-state index is 5.56. The molecule has 1 atom stereocenters. The Morgan fingerprint density at radius 3 is 2.72 bits per heavy atom. The maximum atomic E-state index is 5.56. The zero-order chi connectivity index (χ0) is 13.0. The van der Waals surface area contributed by atoms with Gasteiger partial charge in [-0.1, -0.05) is 29.8 Å². The average molecular weight is 263 g/mol. The van der Waals surface area contributed by atoms with E-state index in [0.717, 1.165) is 17.1 Å². The zero-order valence-corrected chi connectivity index (χ0v) is 11.4. The van der Waals surface area contributed by atoms with E-state index in [1.54, 1.807) is 11.8 Å². The predicted octanol–water partition coefficient (Wildman–Crippen LogP) is 2.63. The van der Waals surface area contributed by atoms with Crippen LogP contribution in [0.25, 0.3) is 11.5 Å². The third-order valence-electron chi connectivity index (χ3n) is 2.60. The lowest BCUT2D eigenvalue weighted by Crippen LogP contribution is -2.12. The van der Waals surface area contributed by atoms with E-state index in [-0.39, 0.29) is 0 Å². The summed E-state index contributed by atoms with van der Waals surface area (Å²) in [6.07, 6.45) is 0. The predicted molar refractivity (Wildman–Crippen MR) is 74.3 cm³/mol. The highest BCUT2D eigenvalue weighted by molar-refractivity contribution is 7.99. The molecule has 2 rings (SSSR count). The van der Waals surface area contributed by atoms with Gasteiger partial charge < -0.3 is 10.3 Å². The zero-order valence-electron chi connectivity index (χ0n) is 10.6. The molecular formula is C13H17N3OS. The lowest BCUT2D eigenvalue weighted by Gasteiger charge is -2.04. The fraction of sp³-hybridized carbons (Fsp3) is 0.385. The molecule has 0 aliphatic heterocycles. The number of benzene rings is 1. The van der Waals surface area contributed by atoms with E-state index in [1.165, 1.54) is 5.56 Å². The molecule has 0 amide bonds. The monoisotopic (exact) mass is 263 g/mol. The van der Waals surface area contributed by atoms with Crippen LogP contribution in [0.5, 0.6) is 0 Å². The second-order valence-electron chi connectivity index (χ2n) is 4.24. The highest BCUT2D eigenvalue weighted by atomic mass is 32.2. The Labute approximate surface area is 111 Å². The average Bonchev–Trinajstić information content (AvgIpc) is 2.85. The second-order valence-corrected chi connectivity index (χ2v) is 5.67. The number of thioether (sulfide) groups is 1. The van der Waals surface area contributed by atoms with Crippen molar-refractivity contribution >= 4 is 11.8 Å². The smallest absolute Gasteiger partial charge is 0.257 e. The molecular weight excluding hydrogens is 246 g/mol. The van der Waals surface area contributed by atoms with Crippen LogP contribution in [0.2, 0.25) is 0 Å². The van der Waals surface area contributed by atoms with Gasteiger partial charge in [0.1, 0.15) is 0 Å². The van der Waals surface area contributed by atoms with Crippen LogP contribution >= 0.6 is 11.8 Å². The lowest BCUT2D eigenvalue weighted by molar-refractivity contribution is 0.425. The summed E-state index contributed by atoms with van der Waals surface area (Å²) in [5.74, 6) is 2.02. The van der Waals surface area contributed by atoms with Crippen molar-refractivity contribution in [2.24, 2.45) is 5.73 Å². The number of nitrogens with zero attached hydrogens (tertiary/aromatic N) is 2. The van der Waals surface area contributed by atoms with Gasteiger partial charge in [0.25, 0.3) is 5.89 Å². The van der Waals surface area contributed by atoms with Gasteiger partial charge in [0.15, 0.2) is 5.82 Å². The fourth-order valence-corrected chi connectivity index (χ4v) is 2.10. The van der Waals surface area contributed by atoms with Crippen LogP contribution in [0.15, 0.2) is 28.8 Å². The summed E-state index contributed by atoms with van der Waals surface area (Å²) in [7, 11) is 0. The Balaban J connectivity index is 2.03. The van der Waals surface area contributed by atoms with Gasteiger partial charge in [-0.3, -0.25) is 0 Å². The highest BCUT2D eigenvalue weighted by Crippen LogP contribution is 2.20. The SMILES string of the molecule is Cc1ccc(-c2nc(CSC(C)CN)no2)cc1. The number of rotatable bonds is 5. The van der Waals surface area contributed by atoms with Crippen LogP contribution < -0.4 is 5.73 Å². The molecule has 0 bridgehead atoms. The third-order valence-corrected chi connectivity index (χ3v) is 3.78. The van der Waals surface area contributed by atoms with Crippen molar-refractivity contribution in [3.8, 4) is 11.5 Å². The molecule has 5 heteroatoms. The van der Waals surface area contributed by atoms with E-state index in [9.17, 15) is 0 Å². The van der Waals surface area contributed by atoms with Crippen LogP contribution in [-0.4, -0.2) is 21.9 Å². The molecule has 1 aromatic carbocycles. The van der Waals surface area contributed by atoms with E-state index in [0.29, 0.717) is 17.7 Å². The van der Waals surface area contributed by atoms with E-state index in [4.69, 9.17) is 10.3 Å². The molecule has 0 saturated heterocycles. The molecule has 18 heavy (non-hydrogen) atoms. The normalized spacial score (nSPS) is 12.6. The second kappa shape index (κ2) is 6.02. The Hall–Kier alpha value is -1.33. The number of hydrogen-bond donors (Lipinski definition) is 1. The molecule has 1 heterocycles. The van der Waals surface area contributed by atoms with Gasteiger partial charge in [0, 0.05) is 17.4 Å². The minimum Gasteiger partial charge on any atom is -0.334 e. The molecule has 0 aliphatic rings. The maximum Gasteiger partial charge on any atom is 0.257 e. The molecule has 0 spiro atoms. The van der Waals surface area contributed by atoms with Crippen molar-refractivity contribution in [2.75, 3.05) is 6.54 Å². The molecule has 4 nitrogen and oxygen atoms in total. The molecule has 0 saturated carbocycles. The highest BCUT2D eigenvalue weighted by Gasteiger charge is 2.09. The topological polar surface area (TPSA) is 64.9 Å². The van der Waals surface area contributed by atoms with Crippen molar-refractivity contribution in [1.29, 1.82) is 0 Å². The van der Waals surface area contributed by atoms with Crippen molar-refractivity contribution in [2.45, 2.75) is 24.9 Å². The number of nitrogens with two attached hydrogens (primary N) is 1. The Morgan fingerprint density at radius 1 is 1.33 bits per heavy atom. The van der Waals surface area contributed by atoms with Crippen molar-refractivity contribution < 1.29 is 4.52 Å². The molecule has 0 radical (unpaired) electrons. The van der Waals surface area contributed by atoms with Gasteiger partial charge in [-0.2, -0.15) is 4.98 Å². The summed E-state index contributed by atoms with van der Waals surface area (Å²) in [5.41, 5.74) is 7.73. The number of aromatic nitrogens is 2. The van der Waals surface area contributed by atoms with Gasteiger partial charge in [-0.05, 0) is 19.1 Å². The van der Waals surface area contributed by atoms with Gasteiger partial charge in [-0.25, -0.2) is 0 Å². The molecule has 0 aliphatic carbocycles. The fourth-order valence-electron chi connectivity index (χ4n) is 1.41. The molecule has 2 aromatic rings. The largest absolute Gasteiger partial charge is 0.334 e. The Kier molecular flexibility index (Phi) is 4.38. The first-order valence-corrected chi connectivity index (χ1v) is 6.95. The standard InChI is InChI=1S/C13H17N3OS/c1-9-3-5-11(6-4-9)13-15-12(16-17-13)8-18-10(2)7-14/h3-6,10H,7-8,14H2,1-2H3. The summed E-state index contributed by atoms with van der Waals surface area (Å²) in [6.45, 7) is 4.80. The molecule has 2 N–H and O–H groups in total. The van der Waals surface area contributed by atoms with Gasteiger partial charge >= 0.3 is 0 Å². The van der Waals surface area contributed by atoms with Gasteiger partial charge in [0.2, 0.25) is 0 Å². The molecule has 1 aromatic heterocycles. The summed E-state index contributed by atoms with van der Waals surface area (Å²) >= 11 is 1.73. The van der Waals surface area contributed by atoms with Crippen molar-refractivity contribution in [3.63, 3.8) is 0 Å². The van der Waals surface area contributed by atoms with Crippen molar-refractivity contribution in [3.05, 3.63) is 35.7 Å². The molecule has 1 unspecified atom stereocenters. The summed E-state index contributed by atoms with van der Waals surface area (Å²) in [6, 6.07) is 8.04. The Bertz CT molecular complexity index is 495. The van der Waals surface area contributed by atoms with Crippen LogP contribution in [-0.2, 0) is 5.75 Å². The van der Waals surface area contributed by atoms with Gasteiger partial charge in [0.05, 0.1) is 5.75 Å². The summed E-state index contributed by atoms with van der Waals surface area (Å²) in [5, 5.41) is 4.38. The summed E-state index contributed by atoms with van der Waals surface area (Å²) in [4.78, 5) is 4.38. The van der Waals surface area contributed by atoms with Crippen LogP contribution in [0, 0.1) is 6.92 Å².